The number of piperazine rings is 1. The number of alkyl halides is 1. The van der Waals surface area contributed by atoms with Crippen molar-refractivity contribution in [3.63, 3.8) is 0 Å². The third-order valence-electron chi connectivity index (χ3n) is 2.53. The minimum absolute atomic E-state index is 0.449. The van der Waals surface area contributed by atoms with E-state index in [1.807, 2.05) is 0 Å². The first-order valence-corrected chi connectivity index (χ1v) is 6.58. The van der Waals surface area contributed by atoms with Crippen LogP contribution >= 0.6 is 34.5 Å². The zero-order chi connectivity index (χ0) is 10.8. The minimum Gasteiger partial charge on any atom is -0.345 e. The normalized spacial score (nSPS) is 18.5. The fourth-order valence-electron chi connectivity index (χ4n) is 1.54. The van der Waals surface area contributed by atoms with Crippen LogP contribution in [-0.4, -0.2) is 43.1 Å². The van der Waals surface area contributed by atoms with E-state index < -0.39 is 0 Å². The number of anilines is 1. The van der Waals surface area contributed by atoms with E-state index in [2.05, 4.69) is 21.8 Å². The SMILES string of the molecule is CN1CCN(c2nc(Cl)c(CCl)s2)CC1. The summed E-state index contributed by atoms with van der Waals surface area (Å²) in [6.45, 7) is 4.19. The molecule has 0 unspecified atom stereocenters. The molecule has 0 atom stereocenters. The van der Waals surface area contributed by atoms with Gasteiger partial charge in [-0.3, -0.25) is 0 Å². The Morgan fingerprint density at radius 3 is 2.53 bits per heavy atom. The van der Waals surface area contributed by atoms with Crippen molar-refractivity contribution >= 4 is 39.7 Å². The van der Waals surface area contributed by atoms with E-state index in [0.29, 0.717) is 11.0 Å². The summed E-state index contributed by atoms with van der Waals surface area (Å²) < 4.78 is 0. The fourth-order valence-corrected chi connectivity index (χ4v) is 3.06. The van der Waals surface area contributed by atoms with Crippen molar-refractivity contribution in [2.24, 2.45) is 0 Å². The van der Waals surface area contributed by atoms with Gasteiger partial charge >= 0.3 is 0 Å². The van der Waals surface area contributed by atoms with Crippen LogP contribution in [0.25, 0.3) is 0 Å². The zero-order valence-electron chi connectivity index (χ0n) is 8.54. The number of likely N-dealkylation sites (N-methyl/N-ethyl adjacent to an activating group) is 1. The van der Waals surface area contributed by atoms with Crippen molar-refractivity contribution < 1.29 is 0 Å². The minimum atomic E-state index is 0.449. The number of aromatic nitrogens is 1. The Balaban J connectivity index is 2.09. The highest BCUT2D eigenvalue weighted by Crippen LogP contribution is 2.31. The summed E-state index contributed by atoms with van der Waals surface area (Å²) in [5.41, 5.74) is 0. The van der Waals surface area contributed by atoms with Gasteiger partial charge in [-0.25, -0.2) is 4.98 Å². The van der Waals surface area contributed by atoms with Gasteiger partial charge in [-0.05, 0) is 7.05 Å². The largest absolute Gasteiger partial charge is 0.345 e. The summed E-state index contributed by atoms with van der Waals surface area (Å²) in [5.74, 6) is 0.449. The van der Waals surface area contributed by atoms with Gasteiger partial charge in [-0.2, -0.15) is 0 Å². The summed E-state index contributed by atoms with van der Waals surface area (Å²) in [7, 11) is 2.14. The molecule has 0 spiro atoms. The fraction of sp³-hybridized carbons (Fsp3) is 0.667. The maximum Gasteiger partial charge on any atom is 0.187 e. The van der Waals surface area contributed by atoms with Crippen LogP contribution in [-0.2, 0) is 5.88 Å². The molecule has 2 heterocycles. The zero-order valence-corrected chi connectivity index (χ0v) is 10.9. The molecule has 1 aliphatic heterocycles. The molecule has 1 saturated heterocycles. The van der Waals surface area contributed by atoms with Gasteiger partial charge in [0.2, 0.25) is 0 Å². The highest BCUT2D eigenvalue weighted by Gasteiger charge is 2.18. The Kier molecular flexibility index (Phi) is 3.72. The van der Waals surface area contributed by atoms with Gasteiger partial charge in [-0.1, -0.05) is 22.9 Å². The van der Waals surface area contributed by atoms with Crippen LogP contribution in [0.2, 0.25) is 5.15 Å². The molecule has 1 aromatic heterocycles. The van der Waals surface area contributed by atoms with Gasteiger partial charge in [-0.15, -0.1) is 11.6 Å². The van der Waals surface area contributed by atoms with Gasteiger partial charge in [0.05, 0.1) is 10.8 Å². The standard InChI is InChI=1S/C9H13Cl2N3S/c1-13-2-4-14(5-3-13)9-12-8(11)7(6-10)15-9/h2-6H2,1H3. The van der Waals surface area contributed by atoms with Crippen molar-refractivity contribution in [1.82, 2.24) is 9.88 Å². The molecule has 0 aliphatic carbocycles. The summed E-state index contributed by atoms with van der Waals surface area (Å²) in [4.78, 5) is 9.89. The van der Waals surface area contributed by atoms with Crippen LogP contribution in [0.15, 0.2) is 0 Å². The summed E-state index contributed by atoms with van der Waals surface area (Å²) in [6.07, 6.45) is 0. The van der Waals surface area contributed by atoms with Crippen LogP contribution in [0.5, 0.6) is 0 Å². The molecule has 0 amide bonds. The van der Waals surface area contributed by atoms with E-state index in [9.17, 15) is 0 Å². The second-order valence-electron chi connectivity index (χ2n) is 3.63. The van der Waals surface area contributed by atoms with Crippen LogP contribution in [0.4, 0.5) is 5.13 Å². The molecule has 0 bridgehead atoms. The van der Waals surface area contributed by atoms with Crippen LogP contribution in [0.3, 0.4) is 0 Å². The van der Waals surface area contributed by atoms with Crippen molar-refractivity contribution in [3.05, 3.63) is 10.0 Å². The molecule has 0 saturated carbocycles. The quantitative estimate of drug-likeness (QED) is 0.766. The maximum atomic E-state index is 5.97. The number of hydrogen-bond donors (Lipinski definition) is 0. The third-order valence-corrected chi connectivity index (χ3v) is 4.50. The molecule has 15 heavy (non-hydrogen) atoms. The van der Waals surface area contributed by atoms with Gasteiger partial charge < -0.3 is 9.80 Å². The molecule has 84 valence electrons. The summed E-state index contributed by atoms with van der Waals surface area (Å²) in [6, 6.07) is 0. The smallest absolute Gasteiger partial charge is 0.187 e. The monoisotopic (exact) mass is 265 g/mol. The van der Waals surface area contributed by atoms with Crippen molar-refractivity contribution in [3.8, 4) is 0 Å². The topological polar surface area (TPSA) is 19.4 Å². The van der Waals surface area contributed by atoms with E-state index >= 15 is 0 Å². The van der Waals surface area contributed by atoms with Gasteiger partial charge in [0.15, 0.2) is 5.13 Å². The van der Waals surface area contributed by atoms with Gasteiger partial charge in [0.1, 0.15) is 5.15 Å². The lowest BCUT2D eigenvalue weighted by atomic mass is 10.3. The highest BCUT2D eigenvalue weighted by atomic mass is 35.5. The Morgan fingerprint density at radius 2 is 2.00 bits per heavy atom. The predicted molar refractivity (Wildman–Crippen MR) is 66.4 cm³/mol. The van der Waals surface area contributed by atoms with E-state index in [4.69, 9.17) is 23.2 Å². The molecule has 0 N–H and O–H groups in total. The first-order valence-electron chi connectivity index (χ1n) is 4.85. The molecule has 3 nitrogen and oxygen atoms in total. The average molecular weight is 266 g/mol. The Labute approximate surface area is 104 Å². The van der Waals surface area contributed by atoms with Crippen LogP contribution in [0, 0.1) is 0 Å². The third kappa shape index (κ3) is 2.56. The molecular weight excluding hydrogens is 253 g/mol. The molecule has 0 aromatic carbocycles. The molecule has 0 radical (unpaired) electrons. The van der Waals surface area contributed by atoms with E-state index in [-0.39, 0.29) is 0 Å². The van der Waals surface area contributed by atoms with Gasteiger partial charge in [0.25, 0.3) is 0 Å². The van der Waals surface area contributed by atoms with E-state index in [0.717, 1.165) is 36.2 Å². The van der Waals surface area contributed by atoms with Crippen molar-refractivity contribution in [1.29, 1.82) is 0 Å². The molecule has 1 aliphatic rings. The molecule has 6 heteroatoms. The second-order valence-corrected chi connectivity index (χ2v) is 5.32. The number of hydrogen-bond acceptors (Lipinski definition) is 4. The lowest BCUT2D eigenvalue weighted by Crippen LogP contribution is -2.44. The molecular formula is C9H13Cl2N3S. The highest BCUT2D eigenvalue weighted by molar-refractivity contribution is 7.16. The molecule has 1 fully saturated rings. The first-order chi connectivity index (χ1) is 7.20. The Morgan fingerprint density at radius 1 is 1.33 bits per heavy atom. The molecule has 2 rings (SSSR count). The average Bonchev–Trinajstić information content (AvgIpc) is 2.61. The van der Waals surface area contributed by atoms with E-state index in [1.54, 1.807) is 11.3 Å². The first kappa shape index (κ1) is 11.5. The van der Waals surface area contributed by atoms with Crippen molar-refractivity contribution in [2.75, 3.05) is 38.1 Å². The Hall–Kier alpha value is -0.0300. The number of rotatable bonds is 2. The predicted octanol–water partition coefficient (Wildman–Crippen LogP) is 2.29. The number of nitrogens with zero attached hydrogens (tertiary/aromatic N) is 3. The summed E-state index contributed by atoms with van der Waals surface area (Å²) >= 11 is 13.3. The number of thiazole rings is 1. The van der Waals surface area contributed by atoms with Crippen LogP contribution < -0.4 is 4.90 Å². The second kappa shape index (κ2) is 4.87. The van der Waals surface area contributed by atoms with Crippen molar-refractivity contribution in [2.45, 2.75) is 5.88 Å². The maximum absolute atomic E-state index is 5.97. The lowest BCUT2D eigenvalue weighted by molar-refractivity contribution is 0.313. The number of halogens is 2. The Bertz CT molecular complexity index is 334. The summed E-state index contributed by atoms with van der Waals surface area (Å²) in [5, 5.41) is 1.56. The van der Waals surface area contributed by atoms with E-state index in [1.165, 1.54) is 0 Å². The van der Waals surface area contributed by atoms with Crippen LogP contribution in [0.1, 0.15) is 4.88 Å². The van der Waals surface area contributed by atoms with Gasteiger partial charge in [0, 0.05) is 26.2 Å². The molecule has 1 aromatic rings. The lowest BCUT2D eigenvalue weighted by Gasteiger charge is -2.32.